The number of sulfonamides is 1. The molecule has 0 aliphatic carbocycles. The number of rotatable bonds is 7. The van der Waals surface area contributed by atoms with E-state index >= 15 is 0 Å². The zero-order chi connectivity index (χ0) is 19.1. The predicted octanol–water partition coefficient (Wildman–Crippen LogP) is 4.06. The summed E-state index contributed by atoms with van der Waals surface area (Å²) in [6.45, 7) is 0. The second-order valence-corrected chi connectivity index (χ2v) is 7.72. The van der Waals surface area contributed by atoms with Gasteiger partial charge < -0.3 is 5.32 Å². The second kappa shape index (κ2) is 8.51. The summed E-state index contributed by atoms with van der Waals surface area (Å²) in [5.41, 5.74) is 2.01. The summed E-state index contributed by atoms with van der Waals surface area (Å²) in [7, 11) is -3.73. The van der Waals surface area contributed by atoms with Gasteiger partial charge in [-0.25, -0.2) is 8.42 Å². The minimum atomic E-state index is -3.73. The van der Waals surface area contributed by atoms with E-state index in [2.05, 4.69) is 10.0 Å². The third kappa shape index (κ3) is 5.43. The van der Waals surface area contributed by atoms with Crippen molar-refractivity contribution in [3.05, 3.63) is 90.5 Å². The standard InChI is InChI=1S/C21H20N2O3S/c24-21(15-14-17-8-3-1-4-9-17)22-19-12-7-13-20(16-19)27(25,26)23-18-10-5-2-6-11-18/h1-13,16,23H,14-15H2,(H,22,24). The fraction of sp³-hybridized carbons (Fsp3) is 0.0952. The monoisotopic (exact) mass is 380 g/mol. The molecule has 138 valence electrons. The van der Waals surface area contributed by atoms with Crippen LogP contribution in [0.15, 0.2) is 89.8 Å². The maximum Gasteiger partial charge on any atom is 0.261 e. The molecular weight excluding hydrogens is 360 g/mol. The Morgan fingerprint density at radius 2 is 1.41 bits per heavy atom. The molecule has 0 aliphatic rings. The molecule has 5 nitrogen and oxygen atoms in total. The quantitative estimate of drug-likeness (QED) is 0.649. The van der Waals surface area contributed by atoms with E-state index < -0.39 is 10.0 Å². The number of anilines is 2. The van der Waals surface area contributed by atoms with Crippen LogP contribution in [0.2, 0.25) is 0 Å². The van der Waals surface area contributed by atoms with Crippen molar-refractivity contribution in [2.75, 3.05) is 10.0 Å². The highest BCUT2D eigenvalue weighted by atomic mass is 32.2. The van der Waals surface area contributed by atoms with Crippen LogP contribution in [0, 0.1) is 0 Å². The number of hydrogen-bond donors (Lipinski definition) is 2. The molecule has 3 aromatic carbocycles. The van der Waals surface area contributed by atoms with Crippen LogP contribution in [0.1, 0.15) is 12.0 Å². The number of nitrogens with one attached hydrogen (secondary N) is 2. The lowest BCUT2D eigenvalue weighted by atomic mass is 10.1. The molecule has 0 aliphatic heterocycles. The first-order valence-electron chi connectivity index (χ1n) is 8.55. The zero-order valence-corrected chi connectivity index (χ0v) is 15.4. The topological polar surface area (TPSA) is 75.3 Å². The first-order valence-corrected chi connectivity index (χ1v) is 10.0. The van der Waals surface area contributed by atoms with Crippen molar-refractivity contribution in [3.8, 4) is 0 Å². The molecule has 0 saturated heterocycles. The molecule has 1 amide bonds. The van der Waals surface area contributed by atoms with Crippen LogP contribution in [0.25, 0.3) is 0 Å². The van der Waals surface area contributed by atoms with Gasteiger partial charge in [-0.1, -0.05) is 54.6 Å². The molecule has 6 heteroatoms. The van der Waals surface area contributed by atoms with Gasteiger partial charge in [-0.15, -0.1) is 0 Å². The number of carbonyl (C=O) groups excluding carboxylic acids is 1. The van der Waals surface area contributed by atoms with Crippen molar-refractivity contribution < 1.29 is 13.2 Å². The summed E-state index contributed by atoms with van der Waals surface area (Å²) in [5, 5.41) is 2.76. The molecule has 0 saturated carbocycles. The lowest BCUT2D eigenvalue weighted by Crippen LogP contribution is -2.15. The Morgan fingerprint density at radius 3 is 2.11 bits per heavy atom. The van der Waals surface area contributed by atoms with Crippen LogP contribution in [0.5, 0.6) is 0 Å². The largest absolute Gasteiger partial charge is 0.326 e. The van der Waals surface area contributed by atoms with E-state index in [1.807, 2.05) is 36.4 Å². The van der Waals surface area contributed by atoms with Crippen molar-refractivity contribution in [3.63, 3.8) is 0 Å². The third-order valence-electron chi connectivity index (χ3n) is 3.94. The van der Waals surface area contributed by atoms with Gasteiger partial charge >= 0.3 is 0 Å². The van der Waals surface area contributed by atoms with Crippen LogP contribution in [0.3, 0.4) is 0 Å². The van der Waals surface area contributed by atoms with Crippen LogP contribution in [0.4, 0.5) is 11.4 Å². The lowest BCUT2D eigenvalue weighted by Gasteiger charge is -2.10. The minimum absolute atomic E-state index is 0.0900. The van der Waals surface area contributed by atoms with Crippen LogP contribution >= 0.6 is 0 Å². The highest BCUT2D eigenvalue weighted by molar-refractivity contribution is 7.92. The molecule has 3 aromatic rings. The average molecular weight is 380 g/mol. The lowest BCUT2D eigenvalue weighted by molar-refractivity contribution is -0.116. The van der Waals surface area contributed by atoms with Gasteiger partial charge in [0.05, 0.1) is 4.90 Å². The van der Waals surface area contributed by atoms with E-state index in [-0.39, 0.29) is 10.8 Å². The third-order valence-corrected chi connectivity index (χ3v) is 5.32. The SMILES string of the molecule is O=C(CCc1ccccc1)Nc1cccc(S(=O)(=O)Nc2ccccc2)c1. The van der Waals surface area contributed by atoms with Crippen molar-refractivity contribution in [1.29, 1.82) is 0 Å². The van der Waals surface area contributed by atoms with Crippen molar-refractivity contribution in [1.82, 2.24) is 0 Å². The summed E-state index contributed by atoms with van der Waals surface area (Å²) in [5.74, 6) is -0.163. The molecule has 0 spiro atoms. The Hall–Kier alpha value is -3.12. The van der Waals surface area contributed by atoms with E-state index in [9.17, 15) is 13.2 Å². The Balaban J connectivity index is 1.65. The minimum Gasteiger partial charge on any atom is -0.326 e. The van der Waals surface area contributed by atoms with Crippen LogP contribution < -0.4 is 10.0 Å². The van der Waals surface area contributed by atoms with Crippen molar-refractivity contribution in [2.45, 2.75) is 17.7 Å². The molecule has 0 radical (unpaired) electrons. The summed E-state index contributed by atoms with van der Waals surface area (Å²) < 4.78 is 27.6. The van der Waals surface area contributed by atoms with Crippen LogP contribution in [-0.4, -0.2) is 14.3 Å². The fourth-order valence-corrected chi connectivity index (χ4v) is 3.69. The van der Waals surface area contributed by atoms with Gasteiger partial charge in [-0.3, -0.25) is 9.52 Å². The number of carbonyl (C=O) groups is 1. The Labute approximate surface area is 159 Å². The molecule has 0 atom stereocenters. The number of para-hydroxylation sites is 1. The van der Waals surface area contributed by atoms with Gasteiger partial charge in [0.1, 0.15) is 0 Å². The van der Waals surface area contributed by atoms with E-state index in [1.165, 1.54) is 12.1 Å². The van der Waals surface area contributed by atoms with E-state index in [0.717, 1.165) is 5.56 Å². The van der Waals surface area contributed by atoms with Gasteiger partial charge in [0.2, 0.25) is 5.91 Å². The highest BCUT2D eigenvalue weighted by Crippen LogP contribution is 2.19. The van der Waals surface area contributed by atoms with Gasteiger partial charge in [-0.2, -0.15) is 0 Å². The van der Waals surface area contributed by atoms with Crippen molar-refractivity contribution in [2.24, 2.45) is 0 Å². The second-order valence-electron chi connectivity index (χ2n) is 6.03. The smallest absolute Gasteiger partial charge is 0.261 e. The first kappa shape index (κ1) is 18.7. The summed E-state index contributed by atoms with van der Waals surface area (Å²) >= 11 is 0. The summed E-state index contributed by atoms with van der Waals surface area (Å²) in [6, 6.07) is 24.6. The predicted molar refractivity (Wildman–Crippen MR) is 107 cm³/mol. The number of hydrogen-bond acceptors (Lipinski definition) is 3. The highest BCUT2D eigenvalue weighted by Gasteiger charge is 2.15. The van der Waals surface area contributed by atoms with Gasteiger partial charge in [-0.05, 0) is 42.3 Å². The number of aryl methyl sites for hydroxylation is 1. The summed E-state index contributed by atoms with van der Waals surface area (Å²) in [6.07, 6.45) is 0.948. The molecule has 27 heavy (non-hydrogen) atoms. The molecule has 0 heterocycles. The number of benzene rings is 3. The van der Waals surface area contributed by atoms with Crippen LogP contribution in [-0.2, 0) is 21.2 Å². The summed E-state index contributed by atoms with van der Waals surface area (Å²) in [4.78, 5) is 12.3. The average Bonchev–Trinajstić information content (AvgIpc) is 2.68. The molecule has 0 unspecified atom stereocenters. The van der Waals surface area contributed by atoms with E-state index in [1.54, 1.807) is 36.4 Å². The normalized spacial score (nSPS) is 11.0. The van der Waals surface area contributed by atoms with Gasteiger partial charge in [0.15, 0.2) is 0 Å². The first-order chi connectivity index (χ1) is 13.0. The van der Waals surface area contributed by atoms with E-state index in [4.69, 9.17) is 0 Å². The molecule has 0 aromatic heterocycles. The fourth-order valence-electron chi connectivity index (χ4n) is 2.59. The molecule has 3 rings (SSSR count). The van der Waals surface area contributed by atoms with Gasteiger partial charge in [0.25, 0.3) is 10.0 Å². The maximum atomic E-state index is 12.5. The Kier molecular flexibility index (Phi) is 5.88. The Bertz CT molecular complexity index is 1000. The molecule has 2 N–H and O–H groups in total. The molecule has 0 bridgehead atoms. The Morgan fingerprint density at radius 1 is 0.778 bits per heavy atom. The van der Waals surface area contributed by atoms with Crippen molar-refractivity contribution >= 4 is 27.3 Å². The zero-order valence-electron chi connectivity index (χ0n) is 14.6. The van der Waals surface area contributed by atoms with E-state index in [0.29, 0.717) is 24.2 Å². The maximum absolute atomic E-state index is 12.5. The van der Waals surface area contributed by atoms with Gasteiger partial charge in [0, 0.05) is 17.8 Å². The molecular formula is C21H20N2O3S. The number of amides is 1. The molecule has 0 fully saturated rings.